The maximum atomic E-state index is 13.1. The van der Waals surface area contributed by atoms with Crippen LogP contribution >= 0.6 is 0 Å². The van der Waals surface area contributed by atoms with Crippen LogP contribution in [0.3, 0.4) is 0 Å². The number of hydrogen-bond donors (Lipinski definition) is 8. The van der Waals surface area contributed by atoms with Gasteiger partial charge in [-0.2, -0.15) is 0 Å². The normalized spacial score (nSPS) is 21.1. The maximum absolute atomic E-state index is 13.1. The molecule has 63 heavy (non-hydrogen) atoms. The predicted octanol–water partition coefficient (Wildman–Crippen LogP) is 10.2. The zero-order chi connectivity index (χ0) is 46.2. The third-order valence-electron chi connectivity index (χ3n) is 13.4. The molecule has 9 atom stereocenters. The highest BCUT2D eigenvalue weighted by Gasteiger charge is 2.44. The van der Waals surface area contributed by atoms with Gasteiger partial charge in [0.25, 0.3) is 0 Å². The fourth-order valence-corrected chi connectivity index (χ4v) is 8.97. The molecule has 1 rings (SSSR count). The topological polar surface area (TPSA) is 189 Å². The molecule has 9 unspecified atom stereocenters. The number of rotatable bonds is 46. The molecule has 0 aromatic carbocycles. The summed E-state index contributed by atoms with van der Waals surface area (Å²) in [5.74, 6) is -0.692. The largest absolute Gasteiger partial charge is 0.394 e. The Labute approximate surface area is 386 Å². The van der Waals surface area contributed by atoms with Gasteiger partial charge in [0, 0.05) is 0 Å². The third-order valence-corrected chi connectivity index (χ3v) is 13.4. The molecule has 1 amide bonds. The standard InChI is InChI=1S/C52H103NO10/c1-3-5-7-9-11-13-15-17-19-20-21-22-23-24-26-27-29-31-33-35-37-39-44(55)47(57)43(42-62-52-50(60)49(59)48(58)46(41-54)63-52)53-51(61)45(56)40-38-36-34-32-30-28-25-18-16-14-12-10-8-6-4-2/h43-50,52,54-60H,3-42H2,1-2H3,(H,53,61). The van der Waals surface area contributed by atoms with E-state index in [1.165, 1.54) is 180 Å². The Morgan fingerprint density at radius 2 is 0.825 bits per heavy atom. The number of carbonyl (C=O) groups is 1. The average molecular weight is 902 g/mol. The number of unbranched alkanes of at least 4 members (excludes halogenated alkanes) is 34. The van der Waals surface area contributed by atoms with E-state index in [9.17, 15) is 40.5 Å². The molecule has 0 saturated carbocycles. The lowest BCUT2D eigenvalue weighted by molar-refractivity contribution is -0.303. The van der Waals surface area contributed by atoms with Crippen LogP contribution in [0.25, 0.3) is 0 Å². The first-order valence-electron chi connectivity index (χ1n) is 26.9. The summed E-state index contributed by atoms with van der Waals surface area (Å²) in [5.41, 5.74) is 0. The lowest BCUT2D eigenvalue weighted by atomic mass is 9.98. The Balaban J connectivity index is 2.34. The fourth-order valence-electron chi connectivity index (χ4n) is 8.97. The van der Waals surface area contributed by atoms with Crippen molar-refractivity contribution in [3.8, 4) is 0 Å². The summed E-state index contributed by atoms with van der Waals surface area (Å²) in [5, 5.41) is 76.0. The van der Waals surface area contributed by atoms with Crippen LogP contribution in [0.15, 0.2) is 0 Å². The summed E-state index contributed by atoms with van der Waals surface area (Å²) in [6.45, 7) is 3.48. The van der Waals surface area contributed by atoms with Crippen LogP contribution in [0.4, 0.5) is 0 Å². The minimum absolute atomic E-state index is 0.266. The number of carbonyl (C=O) groups excluding carboxylic acids is 1. The van der Waals surface area contributed by atoms with Crippen LogP contribution in [0, 0.1) is 0 Å². The number of nitrogens with one attached hydrogen (secondary N) is 1. The van der Waals surface area contributed by atoms with E-state index in [0.717, 1.165) is 38.5 Å². The van der Waals surface area contributed by atoms with Gasteiger partial charge in [-0.1, -0.05) is 245 Å². The summed E-state index contributed by atoms with van der Waals surface area (Å²) in [4.78, 5) is 13.1. The van der Waals surface area contributed by atoms with Gasteiger partial charge in [0.15, 0.2) is 6.29 Å². The van der Waals surface area contributed by atoms with Crippen molar-refractivity contribution in [3.05, 3.63) is 0 Å². The van der Waals surface area contributed by atoms with E-state index in [2.05, 4.69) is 19.2 Å². The van der Waals surface area contributed by atoms with E-state index >= 15 is 0 Å². The molecule has 1 heterocycles. The average Bonchev–Trinajstić information content (AvgIpc) is 3.28. The second-order valence-electron chi connectivity index (χ2n) is 19.3. The fraction of sp³-hybridized carbons (Fsp3) is 0.981. The van der Waals surface area contributed by atoms with Crippen molar-refractivity contribution >= 4 is 5.91 Å². The van der Waals surface area contributed by atoms with Crippen molar-refractivity contribution in [1.29, 1.82) is 0 Å². The summed E-state index contributed by atoms with van der Waals surface area (Å²) >= 11 is 0. The van der Waals surface area contributed by atoms with Gasteiger partial charge in [0.05, 0.1) is 25.4 Å². The van der Waals surface area contributed by atoms with Crippen molar-refractivity contribution in [2.45, 2.75) is 313 Å². The Kier molecular flexibility index (Phi) is 40.5. The summed E-state index contributed by atoms with van der Waals surface area (Å²) in [7, 11) is 0. The number of hydrogen-bond acceptors (Lipinski definition) is 10. The quantitative estimate of drug-likeness (QED) is 0.0273. The monoisotopic (exact) mass is 902 g/mol. The molecule has 8 N–H and O–H groups in total. The Morgan fingerprint density at radius 3 is 1.17 bits per heavy atom. The van der Waals surface area contributed by atoms with Gasteiger partial charge in [0.2, 0.25) is 5.91 Å². The van der Waals surface area contributed by atoms with Gasteiger partial charge in [0.1, 0.15) is 36.6 Å². The maximum Gasteiger partial charge on any atom is 0.249 e. The predicted molar refractivity (Wildman–Crippen MR) is 256 cm³/mol. The Morgan fingerprint density at radius 1 is 0.492 bits per heavy atom. The van der Waals surface area contributed by atoms with Crippen molar-refractivity contribution in [2.24, 2.45) is 0 Å². The highest BCUT2D eigenvalue weighted by Crippen LogP contribution is 2.23. The van der Waals surface area contributed by atoms with Crippen molar-refractivity contribution < 1.29 is 50.0 Å². The molecule has 0 radical (unpaired) electrons. The number of aliphatic hydroxyl groups excluding tert-OH is 7. The highest BCUT2D eigenvalue weighted by atomic mass is 16.7. The summed E-state index contributed by atoms with van der Waals surface area (Å²) in [6, 6.07) is -1.16. The zero-order valence-corrected chi connectivity index (χ0v) is 40.8. The van der Waals surface area contributed by atoms with Gasteiger partial charge >= 0.3 is 0 Å². The second-order valence-corrected chi connectivity index (χ2v) is 19.3. The van der Waals surface area contributed by atoms with Crippen molar-refractivity contribution in [3.63, 3.8) is 0 Å². The molecule has 11 nitrogen and oxygen atoms in total. The van der Waals surface area contributed by atoms with Crippen LogP contribution in [0.1, 0.15) is 258 Å². The van der Waals surface area contributed by atoms with Gasteiger partial charge in [-0.25, -0.2) is 0 Å². The number of amides is 1. The Bertz CT molecular complexity index is 991. The van der Waals surface area contributed by atoms with E-state index in [1.54, 1.807) is 0 Å². The van der Waals surface area contributed by atoms with Crippen LogP contribution < -0.4 is 5.32 Å². The molecule has 1 fully saturated rings. The Hall–Kier alpha value is -0.890. The molecule has 0 aliphatic carbocycles. The van der Waals surface area contributed by atoms with Crippen LogP contribution in [0.2, 0.25) is 0 Å². The number of aliphatic hydroxyl groups is 7. The molecular weight excluding hydrogens is 799 g/mol. The first-order valence-corrected chi connectivity index (χ1v) is 26.9. The molecule has 376 valence electrons. The van der Waals surface area contributed by atoms with E-state index < -0.39 is 74.2 Å². The lowest BCUT2D eigenvalue weighted by Crippen LogP contribution is -2.60. The minimum Gasteiger partial charge on any atom is -0.394 e. The molecule has 0 aromatic rings. The third kappa shape index (κ3) is 31.7. The van der Waals surface area contributed by atoms with E-state index in [4.69, 9.17) is 9.47 Å². The molecule has 0 bridgehead atoms. The highest BCUT2D eigenvalue weighted by molar-refractivity contribution is 5.80. The summed E-state index contributed by atoms with van der Waals surface area (Å²) < 4.78 is 11.1. The smallest absolute Gasteiger partial charge is 0.249 e. The number of ether oxygens (including phenoxy) is 2. The van der Waals surface area contributed by atoms with E-state index in [0.29, 0.717) is 19.3 Å². The molecular formula is C52H103NO10. The van der Waals surface area contributed by atoms with Gasteiger partial charge in [-0.15, -0.1) is 0 Å². The summed E-state index contributed by atoms with van der Waals surface area (Å²) in [6.07, 6.45) is 34.3. The molecule has 1 aliphatic heterocycles. The van der Waals surface area contributed by atoms with Crippen LogP contribution in [-0.2, 0) is 14.3 Å². The van der Waals surface area contributed by atoms with E-state index in [-0.39, 0.29) is 6.42 Å². The van der Waals surface area contributed by atoms with Crippen LogP contribution in [0.5, 0.6) is 0 Å². The zero-order valence-electron chi connectivity index (χ0n) is 40.8. The molecule has 11 heteroatoms. The first-order chi connectivity index (χ1) is 30.7. The van der Waals surface area contributed by atoms with Gasteiger partial charge < -0.3 is 50.5 Å². The second kappa shape index (κ2) is 42.5. The van der Waals surface area contributed by atoms with Gasteiger partial charge in [-0.05, 0) is 12.8 Å². The van der Waals surface area contributed by atoms with Crippen molar-refractivity contribution in [2.75, 3.05) is 13.2 Å². The first kappa shape index (κ1) is 60.1. The lowest BCUT2D eigenvalue weighted by Gasteiger charge is -2.40. The molecule has 0 aromatic heterocycles. The van der Waals surface area contributed by atoms with Crippen LogP contribution in [-0.4, -0.2) is 110 Å². The van der Waals surface area contributed by atoms with Gasteiger partial charge in [-0.3, -0.25) is 4.79 Å². The van der Waals surface area contributed by atoms with E-state index in [1.807, 2.05) is 0 Å². The molecule has 1 aliphatic rings. The molecule has 1 saturated heterocycles. The van der Waals surface area contributed by atoms with Crippen molar-refractivity contribution in [1.82, 2.24) is 5.32 Å². The minimum atomic E-state index is -1.66. The SMILES string of the molecule is CCCCCCCCCCCCCCCCCCCCCCCC(O)C(O)C(COC1OC(CO)C(O)C(O)C1O)NC(=O)C(O)CCCCCCCCCCCCCCCCC. The molecule has 0 spiro atoms.